The second-order valence-electron chi connectivity index (χ2n) is 9.63. The molecule has 1 saturated carbocycles. The van der Waals surface area contributed by atoms with Gasteiger partial charge in [-0.2, -0.15) is 0 Å². The molecule has 1 amide bonds. The van der Waals surface area contributed by atoms with Gasteiger partial charge in [0.2, 0.25) is 5.91 Å². The molecule has 8 heteroatoms. The Labute approximate surface area is 180 Å². The number of nitrogens with one attached hydrogen (secondary N) is 3. The van der Waals surface area contributed by atoms with Crippen molar-refractivity contribution in [1.29, 1.82) is 0 Å². The molecule has 8 nitrogen and oxygen atoms in total. The van der Waals surface area contributed by atoms with Crippen molar-refractivity contribution in [3.8, 4) is 0 Å². The molecule has 1 saturated heterocycles. The van der Waals surface area contributed by atoms with E-state index in [0.717, 1.165) is 44.4 Å². The van der Waals surface area contributed by atoms with Crippen LogP contribution in [0.3, 0.4) is 0 Å². The van der Waals surface area contributed by atoms with Crippen molar-refractivity contribution < 1.29 is 4.79 Å². The van der Waals surface area contributed by atoms with E-state index in [-0.39, 0.29) is 23.4 Å². The molecule has 0 bridgehead atoms. The van der Waals surface area contributed by atoms with Gasteiger partial charge in [-0.05, 0) is 32.7 Å². The molecule has 1 atom stereocenters. The lowest BCUT2D eigenvalue weighted by Crippen LogP contribution is -2.60. The number of fused-ring (bicyclic) bond motifs is 1. The number of amides is 1. The van der Waals surface area contributed by atoms with Crippen LogP contribution in [-0.2, 0) is 4.79 Å². The third-order valence-corrected chi connectivity index (χ3v) is 7.05. The van der Waals surface area contributed by atoms with Crippen LogP contribution in [0, 0.1) is 12.8 Å². The molecule has 4 rings (SSSR count). The highest BCUT2D eigenvalue weighted by molar-refractivity contribution is 6.05. The molecule has 30 heavy (non-hydrogen) atoms. The summed E-state index contributed by atoms with van der Waals surface area (Å²) in [6.07, 6.45) is 6.33. The van der Waals surface area contributed by atoms with Crippen LogP contribution in [0.1, 0.15) is 51.8 Å². The summed E-state index contributed by atoms with van der Waals surface area (Å²) in [4.78, 5) is 26.9. The first-order valence-electron chi connectivity index (χ1n) is 11.5. The predicted octanol–water partition coefficient (Wildman–Crippen LogP) is 2.54. The summed E-state index contributed by atoms with van der Waals surface area (Å²) >= 11 is 0. The molecule has 2 aliphatic heterocycles. The number of rotatable bonds is 5. The van der Waals surface area contributed by atoms with Crippen LogP contribution in [-0.4, -0.2) is 77.0 Å². The van der Waals surface area contributed by atoms with E-state index in [0.29, 0.717) is 11.5 Å². The Morgan fingerprint density at radius 3 is 2.50 bits per heavy atom. The Morgan fingerprint density at radius 1 is 1.13 bits per heavy atom. The summed E-state index contributed by atoms with van der Waals surface area (Å²) in [5.41, 5.74) is 0.851. The van der Waals surface area contributed by atoms with E-state index in [4.69, 9.17) is 0 Å². The number of nitrogens with zero attached hydrogens (tertiary/aromatic N) is 4. The number of anilines is 3. The number of likely N-dealkylation sites (N-methyl/N-ethyl adjacent to an activating group) is 1. The van der Waals surface area contributed by atoms with Crippen LogP contribution in [0.15, 0.2) is 0 Å². The zero-order valence-electron chi connectivity index (χ0n) is 18.9. The van der Waals surface area contributed by atoms with Crippen molar-refractivity contribution in [3.63, 3.8) is 0 Å². The summed E-state index contributed by atoms with van der Waals surface area (Å²) in [7, 11) is 2.21. The van der Waals surface area contributed by atoms with Gasteiger partial charge in [-0.3, -0.25) is 9.69 Å². The zero-order valence-corrected chi connectivity index (χ0v) is 18.9. The Morgan fingerprint density at radius 2 is 1.83 bits per heavy atom. The minimum absolute atomic E-state index is 0.0144. The number of piperazine rings is 1. The fourth-order valence-electron chi connectivity index (χ4n) is 5.15. The van der Waals surface area contributed by atoms with Gasteiger partial charge >= 0.3 is 0 Å². The lowest BCUT2D eigenvalue weighted by atomic mass is 9.79. The number of carbonyl (C=O) groups excluding carboxylic acids is 1. The maximum Gasteiger partial charge on any atom is 0.247 e. The fraction of sp³-hybridized carbons (Fsp3) is 0.773. The molecule has 166 valence electrons. The largest absolute Gasteiger partial charge is 0.366 e. The zero-order chi connectivity index (χ0) is 21.3. The SMILES string of the molecule is Cc1nc(NCC2(N3CCN(C)CC3)CCCCC2)c2c(n1)NC(C(C)C)C(=O)N2. The van der Waals surface area contributed by atoms with Crippen LogP contribution < -0.4 is 16.0 Å². The molecule has 1 aromatic heterocycles. The van der Waals surface area contributed by atoms with Crippen molar-refractivity contribution in [3.05, 3.63) is 5.82 Å². The van der Waals surface area contributed by atoms with Crippen LogP contribution in [0.25, 0.3) is 0 Å². The number of aromatic nitrogens is 2. The minimum Gasteiger partial charge on any atom is -0.366 e. The molecule has 2 fully saturated rings. The van der Waals surface area contributed by atoms with E-state index in [9.17, 15) is 4.79 Å². The molecule has 3 heterocycles. The number of hydrogen-bond acceptors (Lipinski definition) is 7. The van der Waals surface area contributed by atoms with Crippen molar-refractivity contribution >= 4 is 23.2 Å². The smallest absolute Gasteiger partial charge is 0.247 e. The first-order chi connectivity index (χ1) is 14.4. The van der Waals surface area contributed by atoms with Crippen molar-refractivity contribution in [2.75, 3.05) is 55.7 Å². The van der Waals surface area contributed by atoms with E-state index in [1.165, 1.54) is 32.1 Å². The van der Waals surface area contributed by atoms with E-state index in [1.807, 2.05) is 20.8 Å². The molecule has 3 N–H and O–H groups in total. The average molecular weight is 416 g/mol. The van der Waals surface area contributed by atoms with Gasteiger partial charge in [-0.15, -0.1) is 0 Å². The molecular weight excluding hydrogens is 378 g/mol. The average Bonchev–Trinajstić information content (AvgIpc) is 2.73. The van der Waals surface area contributed by atoms with Crippen molar-refractivity contribution in [2.24, 2.45) is 5.92 Å². The van der Waals surface area contributed by atoms with Crippen molar-refractivity contribution in [2.45, 2.75) is 64.5 Å². The molecule has 1 aromatic rings. The molecule has 0 aromatic carbocycles. The Kier molecular flexibility index (Phi) is 6.16. The maximum absolute atomic E-state index is 12.6. The maximum atomic E-state index is 12.6. The van der Waals surface area contributed by atoms with E-state index < -0.39 is 0 Å². The molecule has 1 unspecified atom stereocenters. The Hall–Kier alpha value is -1.93. The highest BCUT2D eigenvalue weighted by Gasteiger charge is 2.39. The van der Waals surface area contributed by atoms with Crippen LogP contribution >= 0.6 is 0 Å². The topological polar surface area (TPSA) is 85.4 Å². The summed E-state index contributed by atoms with van der Waals surface area (Å²) in [6.45, 7) is 11.3. The first-order valence-corrected chi connectivity index (χ1v) is 11.5. The Balaban J connectivity index is 1.55. The van der Waals surface area contributed by atoms with E-state index in [1.54, 1.807) is 0 Å². The van der Waals surface area contributed by atoms with Gasteiger partial charge in [0.25, 0.3) is 0 Å². The third kappa shape index (κ3) is 4.25. The molecule has 1 aliphatic carbocycles. The van der Waals surface area contributed by atoms with Crippen LogP contribution in [0.4, 0.5) is 17.3 Å². The number of hydrogen-bond donors (Lipinski definition) is 3. The standard InChI is InChI=1S/C22H37N7O/c1-15(2)17-21(30)27-18-19(24-16(3)25-20(18)26-17)23-14-22(8-6-5-7-9-22)29-12-10-28(4)11-13-29/h15,17H,5-14H2,1-4H3,(H,27,30)(H2,23,24,25,26). The lowest BCUT2D eigenvalue weighted by Gasteiger charge is -2.49. The molecule has 0 spiro atoms. The lowest BCUT2D eigenvalue weighted by molar-refractivity contribution is -0.117. The van der Waals surface area contributed by atoms with Crippen molar-refractivity contribution in [1.82, 2.24) is 19.8 Å². The second kappa shape index (κ2) is 8.67. The fourth-order valence-corrected chi connectivity index (χ4v) is 5.15. The monoisotopic (exact) mass is 415 g/mol. The van der Waals surface area contributed by atoms with Gasteiger partial charge in [0.15, 0.2) is 11.6 Å². The summed E-state index contributed by atoms with van der Waals surface area (Å²) in [5.74, 6) is 2.34. The summed E-state index contributed by atoms with van der Waals surface area (Å²) < 4.78 is 0. The quantitative estimate of drug-likeness (QED) is 0.681. The summed E-state index contributed by atoms with van der Waals surface area (Å²) in [6, 6.07) is -0.269. The second-order valence-corrected chi connectivity index (χ2v) is 9.63. The molecule has 0 radical (unpaired) electrons. The summed E-state index contributed by atoms with van der Waals surface area (Å²) in [5, 5.41) is 10.0. The molecular formula is C22H37N7O. The predicted molar refractivity (Wildman–Crippen MR) is 121 cm³/mol. The minimum atomic E-state index is -0.269. The van der Waals surface area contributed by atoms with Crippen LogP contribution in [0.5, 0.6) is 0 Å². The third-order valence-electron chi connectivity index (χ3n) is 7.05. The van der Waals surface area contributed by atoms with E-state index in [2.05, 4.69) is 42.8 Å². The number of aryl methyl sites for hydroxylation is 1. The highest BCUT2D eigenvalue weighted by atomic mass is 16.2. The van der Waals surface area contributed by atoms with Crippen LogP contribution in [0.2, 0.25) is 0 Å². The van der Waals surface area contributed by atoms with Gasteiger partial charge in [0.1, 0.15) is 17.6 Å². The van der Waals surface area contributed by atoms with Gasteiger partial charge in [0.05, 0.1) is 0 Å². The van der Waals surface area contributed by atoms with Gasteiger partial charge in [0, 0.05) is 38.3 Å². The van der Waals surface area contributed by atoms with Gasteiger partial charge < -0.3 is 20.9 Å². The normalized spacial score (nSPS) is 24.8. The molecule has 3 aliphatic rings. The highest BCUT2D eigenvalue weighted by Crippen LogP contribution is 2.37. The number of carbonyl (C=O) groups is 1. The van der Waals surface area contributed by atoms with E-state index >= 15 is 0 Å². The van der Waals surface area contributed by atoms with Gasteiger partial charge in [-0.1, -0.05) is 33.1 Å². The van der Waals surface area contributed by atoms with Gasteiger partial charge in [-0.25, -0.2) is 9.97 Å². The Bertz CT molecular complexity index is 767. The first kappa shape index (κ1) is 21.3.